The van der Waals surface area contributed by atoms with Gasteiger partial charge >= 0.3 is 0 Å². The number of halogens is 2. The first kappa shape index (κ1) is 19.4. The van der Waals surface area contributed by atoms with E-state index in [1.807, 2.05) is 30.3 Å². The van der Waals surface area contributed by atoms with Gasteiger partial charge in [0, 0.05) is 27.0 Å². The lowest BCUT2D eigenvalue weighted by molar-refractivity contribution is 0.417. The zero-order valence-corrected chi connectivity index (χ0v) is 17.5. The predicted molar refractivity (Wildman–Crippen MR) is 122 cm³/mol. The number of methoxy groups -OCH3 is 1. The molecule has 9 heteroatoms. The van der Waals surface area contributed by atoms with E-state index in [9.17, 15) is 0 Å². The Kier molecular flexibility index (Phi) is 5.53. The van der Waals surface area contributed by atoms with E-state index in [2.05, 4.69) is 25.8 Å². The maximum Gasteiger partial charge on any atom is 0.175 e. The molecule has 0 amide bonds. The van der Waals surface area contributed by atoms with Crippen LogP contribution in [0.25, 0.3) is 22.3 Å². The minimum atomic E-state index is 0.376. The molecule has 4 aromatic rings. The smallest absolute Gasteiger partial charge is 0.175 e. The van der Waals surface area contributed by atoms with Gasteiger partial charge in [-0.05, 0) is 60.7 Å². The van der Waals surface area contributed by atoms with Crippen LogP contribution in [0.1, 0.15) is 0 Å². The highest BCUT2D eigenvalue weighted by Crippen LogP contribution is 2.32. The molecule has 0 aliphatic heterocycles. The van der Waals surface area contributed by atoms with Crippen LogP contribution in [0.5, 0.6) is 5.75 Å². The van der Waals surface area contributed by atoms with Crippen LogP contribution in [-0.2, 0) is 0 Å². The number of rotatable bonds is 4. The van der Waals surface area contributed by atoms with Crippen molar-refractivity contribution in [3.05, 3.63) is 64.8 Å². The van der Waals surface area contributed by atoms with Gasteiger partial charge in [0.2, 0.25) is 0 Å². The number of aromatic nitrogens is 3. The summed E-state index contributed by atoms with van der Waals surface area (Å²) in [5, 5.41) is 15.7. The Hall–Kier alpha value is -2.87. The number of H-pyrrole nitrogens is 1. The van der Waals surface area contributed by atoms with Crippen LogP contribution in [0, 0.1) is 0 Å². The molecule has 0 atom stereocenters. The first-order valence-electron chi connectivity index (χ1n) is 8.55. The average Bonchev–Trinajstić information content (AvgIpc) is 3.11. The molecule has 4 rings (SSSR count). The van der Waals surface area contributed by atoms with Gasteiger partial charge in [0.15, 0.2) is 5.11 Å². The Balaban J connectivity index is 1.60. The summed E-state index contributed by atoms with van der Waals surface area (Å²) in [5.74, 6) is 0.651. The van der Waals surface area contributed by atoms with Crippen molar-refractivity contribution in [2.45, 2.75) is 0 Å². The molecular formula is C20H15Cl2N5OS. The van der Waals surface area contributed by atoms with E-state index in [-0.39, 0.29) is 0 Å². The van der Waals surface area contributed by atoms with E-state index in [0.29, 0.717) is 32.3 Å². The van der Waals surface area contributed by atoms with Crippen LogP contribution in [-0.4, -0.2) is 27.4 Å². The summed E-state index contributed by atoms with van der Waals surface area (Å²) in [7, 11) is 1.60. The van der Waals surface area contributed by atoms with Gasteiger partial charge in [0.25, 0.3) is 0 Å². The van der Waals surface area contributed by atoms with Crippen molar-refractivity contribution in [3.8, 4) is 17.0 Å². The molecule has 0 spiro atoms. The third kappa shape index (κ3) is 4.42. The monoisotopic (exact) mass is 443 g/mol. The highest BCUT2D eigenvalue weighted by atomic mass is 35.5. The number of fused-ring (bicyclic) bond motifs is 1. The summed E-state index contributed by atoms with van der Waals surface area (Å²) < 4.78 is 5.46. The van der Waals surface area contributed by atoms with Crippen LogP contribution < -0.4 is 15.4 Å². The van der Waals surface area contributed by atoms with Crippen LogP contribution in [0.2, 0.25) is 10.0 Å². The molecule has 29 heavy (non-hydrogen) atoms. The normalized spacial score (nSPS) is 10.7. The van der Waals surface area contributed by atoms with Crippen molar-refractivity contribution in [3.63, 3.8) is 0 Å². The number of nitrogens with one attached hydrogen (secondary N) is 3. The molecule has 2 aromatic heterocycles. The quantitative estimate of drug-likeness (QED) is 0.348. The van der Waals surface area contributed by atoms with E-state index < -0.39 is 0 Å². The third-order valence-electron chi connectivity index (χ3n) is 4.18. The van der Waals surface area contributed by atoms with Crippen molar-refractivity contribution in [1.29, 1.82) is 0 Å². The first-order valence-corrected chi connectivity index (χ1v) is 9.71. The predicted octanol–water partition coefficient (Wildman–Crippen LogP) is 5.75. The molecule has 0 aliphatic rings. The van der Waals surface area contributed by atoms with Gasteiger partial charge in [0.05, 0.1) is 24.5 Å². The molecule has 0 fully saturated rings. The molecule has 0 aliphatic carbocycles. The Morgan fingerprint density at radius 2 is 1.83 bits per heavy atom. The number of aromatic amines is 1. The van der Waals surface area contributed by atoms with Crippen molar-refractivity contribution in [2.24, 2.45) is 0 Å². The SMILES string of the molecule is COc1ccc(-c2cc3nnccc3[nH]2)cc1NC(=S)Nc1cc(Cl)cc(Cl)c1. The molecule has 0 bridgehead atoms. The fourth-order valence-electron chi connectivity index (χ4n) is 2.91. The second kappa shape index (κ2) is 8.24. The molecule has 2 heterocycles. The van der Waals surface area contributed by atoms with Crippen LogP contribution in [0.3, 0.4) is 0 Å². The maximum atomic E-state index is 6.04. The van der Waals surface area contributed by atoms with Crippen molar-refractivity contribution < 1.29 is 4.74 Å². The zero-order valence-electron chi connectivity index (χ0n) is 15.2. The number of hydrogen-bond donors (Lipinski definition) is 3. The second-order valence-corrected chi connectivity index (χ2v) is 7.45. The van der Waals surface area contributed by atoms with Gasteiger partial charge < -0.3 is 20.4 Å². The van der Waals surface area contributed by atoms with Crippen LogP contribution >= 0.6 is 35.4 Å². The van der Waals surface area contributed by atoms with Crippen molar-refractivity contribution in [1.82, 2.24) is 15.2 Å². The Labute approximate surface area is 182 Å². The van der Waals surface area contributed by atoms with Crippen molar-refractivity contribution in [2.75, 3.05) is 17.7 Å². The number of ether oxygens (including phenoxy) is 1. The largest absolute Gasteiger partial charge is 0.495 e. The van der Waals surface area contributed by atoms with Gasteiger partial charge in [-0.25, -0.2) is 0 Å². The number of nitrogens with zero attached hydrogens (tertiary/aromatic N) is 2. The summed E-state index contributed by atoms with van der Waals surface area (Å²) in [6.07, 6.45) is 1.65. The summed E-state index contributed by atoms with van der Waals surface area (Å²) in [6.45, 7) is 0. The maximum absolute atomic E-state index is 6.04. The topological polar surface area (TPSA) is 74.9 Å². The molecule has 3 N–H and O–H groups in total. The highest BCUT2D eigenvalue weighted by molar-refractivity contribution is 7.80. The summed E-state index contributed by atoms with van der Waals surface area (Å²) in [5.41, 5.74) is 4.95. The lowest BCUT2D eigenvalue weighted by Gasteiger charge is -2.15. The molecule has 0 saturated carbocycles. The fraction of sp³-hybridized carbons (Fsp3) is 0.0500. The van der Waals surface area contributed by atoms with Crippen LogP contribution in [0.15, 0.2) is 54.7 Å². The Bertz CT molecular complexity index is 1160. The third-order valence-corrected chi connectivity index (χ3v) is 4.82. The van der Waals surface area contributed by atoms with E-state index in [1.165, 1.54) is 0 Å². The summed E-state index contributed by atoms with van der Waals surface area (Å²) >= 11 is 17.5. The van der Waals surface area contributed by atoms with Gasteiger partial charge in [-0.2, -0.15) is 5.10 Å². The first-order chi connectivity index (χ1) is 14.0. The van der Waals surface area contributed by atoms with E-state index >= 15 is 0 Å². The number of anilines is 2. The standard InChI is InChI=1S/C20H15Cl2N5OS/c1-28-19-3-2-11(16-10-17-15(25-16)4-5-23-27-17)6-18(19)26-20(29)24-14-8-12(21)7-13(22)9-14/h2-10,25H,1H3,(H2,24,26,29). The molecule has 0 radical (unpaired) electrons. The second-order valence-electron chi connectivity index (χ2n) is 6.17. The number of benzene rings is 2. The molecule has 6 nitrogen and oxygen atoms in total. The number of thiocarbonyl (C=S) groups is 1. The van der Waals surface area contributed by atoms with Gasteiger partial charge in [-0.3, -0.25) is 0 Å². The van der Waals surface area contributed by atoms with Crippen molar-refractivity contribution >= 4 is 62.9 Å². The molecular weight excluding hydrogens is 429 g/mol. The van der Waals surface area contributed by atoms with E-state index in [4.69, 9.17) is 40.2 Å². The van der Waals surface area contributed by atoms with E-state index in [0.717, 1.165) is 22.3 Å². The molecule has 2 aromatic carbocycles. The van der Waals surface area contributed by atoms with Gasteiger partial charge in [-0.15, -0.1) is 5.10 Å². The lowest BCUT2D eigenvalue weighted by Crippen LogP contribution is -2.19. The Morgan fingerprint density at radius 3 is 2.55 bits per heavy atom. The minimum absolute atomic E-state index is 0.376. The molecule has 0 saturated heterocycles. The Morgan fingerprint density at radius 1 is 1.03 bits per heavy atom. The average molecular weight is 444 g/mol. The van der Waals surface area contributed by atoms with Gasteiger partial charge in [-0.1, -0.05) is 23.2 Å². The molecule has 146 valence electrons. The van der Waals surface area contributed by atoms with Gasteiger partial charge in [0.1, 0.15) is 11.3 Å². The highest BCUT2D eigenvalue weighted by Gasteiger charge is 2.11. The molecule has 0 unspecified atom stereocenters. The number of hydrogen-bond acceptors (Lipinski definition) is 4. The summed E-state index contributed by atoms with van der Waals surface area (Å²) in [4.78, 5) is 3.33. The summed E-state index contributed by atoms with van der Waals surface area (Å²) in [6, 6.07) is 14.7. The fourth-order valence-corrected chi connectivity index (χ4v) is 3.67. The zero-order chi connectivity index (χ0) is 20.4. The van der Waals surface area contributed by atoms with Crippen LogP contribution in [0.4, 0.5) is 11.4 Å². The van der Waals surface area contributed by atoms with E-state index in [1.54, 1.807) is 31.5 Å². The lowest BCUT2D eigenvalue weighted by atomic mass is 10.1. The minimum Gasteiger partial charge on any atom is -0.495 e.